The molecule has 3 N–H and O–H groups in total. The first-order valence-corrected chi connectivity index (χ1v) is 4.89. The van der Waals surface area contributed by atoms with Crippen LogP contribution in [0.1, 0.15) is 40.5 Å². The maximum absolute atomic E-state index is 5.45. The van der Waals surface area contributed by atoms with Crippen molar-refractivity contribution in [3.05, 3.63) is 0 Å². The molecule has 0 bridgehead atoms. The first kappa shape index (κ1) is 12.9. The van der Waals surface area contributed by atoms with Crippen LogP contribution in [0.3, 0.4) is 0 Å². The number of rotatable bonds is 5. The van der Waals surface area contributed by atoms with Crippen molar-refractivity contribution < 1.29 is 4.74 Å². The van der Waals surface area contributed by atoms with Crippen molar-refractivity contribution in [2.45, 2.75) is 52.7 Å². The minimum Gasteiger partial charge on any atom is -0.380 e. The van der Waals surface area contributed by atoms with E-state index in [0.29, 0.717) is 5.41 Å². The van der Waals surface area contributed by atoms with Crippen molar-refractivity contribution in [2.75, 3.05) is 7.11 Å². The van der Waals surface area contributed by atoms with Crippen LogP contribution in [0.4, 0.5) is 0 Å². The molecule has 0 spiro atoms. The summed E-state index contributed by atoms with van der Waals surface area (Å²) >= 11 is 0. The number of methoxy groups -OCH3 is 1. The molecule has 0 radical (unpaired) electrons. The molecule has 13 heavy (non-hydrogen) atoms. The summed E-state index contributed by atoms with van der Waals surface area (Å²) in [6, 6.07) is 0.254. The summed E-state index contributed by atoms with van der Waals surface area (Å²) in [5.41, 5.74) is 3.16. The standard InChI is InChI=1S/C10H24N2O/c1-8(13-5)9(12-11)6-7-10(2,3)4/h8-9,12H,6-7,11H2,1-5H3. The Hall–Kier alpha value is -0.120. The van der Waals surface area contributed by atoms with Gasteiger partial charge in [0.1, 0.15) is 0 Å². The Morgan fingerprint density at radius 1 is 1.38 bits per heavy atom. The summed E-state index contributed by atoms with van der Waals surface area (Å²) in [6.07, 6.45) is 2.37. The topological polar surface area (TPSA) is 47.3 Å². The van der Waals surface area contributed by atoms with E-state index in [1.807, 2.05) is 6.92 Å². The fraction of sp³-hybridized carbons (Fsp3) is 1.00. The van der Waals surface area contributed by atoms with Crippen LogP contribution in [0.2, 0.25) is 0 Å². The molecule has 0 aliphatic carbocycles. The van der Waals surface area contributed by atoms with Gasteiger partial charge in [-0.05, 0) is 25.2 Å². The predicted octanol–water partition coefficient (Wildman–Crippen LogP) is 1.68. The lowest BCUT2D eigenvalue weighted by Gasteiger charge is -2.26. The van der Waals surface area contributed by atoms with E-state index >= 15 is 0 Å². The van der Waals surface area contributed by atoms with Gasteiger partial charge in [-0.2, -0.15) is 0 Å². The van der Waals surface area contributed by atoms with Crippen LogP contribution in [0, 0.1) is 5.41 Å². The number of nitrogens with two attached hydrogens (primary N) is 1. The fourth-order valence-corrected chi connectivity index (χ4v) is 1.21. The first-order valence-electron chi connectivity index (χ1n) is 4.89. The molecule has 3 heteroatoms. The van der Waals surface area contributed by atoms with E-state index in [1.165, 1.54) is 0 Å². The summed E-state index contributed by atoms with van der Waals surface area (Å²) in [5, 5.41) is 0. The number of hydrazine groups is 1. The van der Waals surface area contributed by atoms with Crippen molar-refractivity contribution in [1.82, 2.24) is 5.43 Å². The molecule has 0 aromatic heterocycles. The van der Waals surface area contributed by atoms with Gasteiger partial charge in [0, 0.05) is 13.2 Å². The van der Waals surface area contributed by atoms with Gasteiger partial charge >= 0.3 is 0 Å². The Kier molecular flexibility index (Phi) is 5.53. The van der Waals surface area contributed by atoms with E-state index in [4.69, 9.17) is 10.6 Å². The Labute approximate surface area is 82.0 Å². The second-order valence-electron chi connectivity index (χ2n) is 4.81. The minimum atomic E-state index is 0.173. The highest BCUT2D eigenvalue weighted by Crippen LogP contribution is 2.22. The summed E-state index contributed by atoms with van der Waals surface area (Å²) in [6.45, 7) is 8.74. The van der Waals surface area contributed by atoms with Gasteiger partial charge < -0.3 is 4.74 Å². The van der Waals surface area contributed by atoms with Gasteiger partial charge in [-0.25, -0.2) is 0 Å². The predicted molar refractivity (Wildman–Crippen MR) is 56.3 cm³/mol. The quantitative estimate of drug-likeness (QED) is 0.510. The third-order valence-electron chi connectivity index (χ3n) is 2.36. The van der Waals surface area contributed by atoms with Crippen LogP contribution in [-0.2, 0) is 4.74 Å². The van der Waals surface area contributed by atoms with Crippen molar-refractivity contribution in [1.29, 1.82) is 0 Å². The molecule has 0 fully saturated rings. The molecule has 2 unspecified atom stereocenters. The van der Waals surface area contributed by atoms with Gasteiger partial charge in [0.25, 0.3) is 0 Å². The summed E-state index contributed by atoms with van der Waals surface area (Å²) in [7, 11) is 1.71. The van der Waals surface area contributed by atoms with Crippen LogP contribution in [-0.4, -0.2) is 19.3 Å². The molecular formula is C10H24N2O. The van der Waals surface area contributed by atoms with Gasteiger partial charge in [-0.1, -0.05) is 20.8 Å². The zero-order valence-electron chi connectivity index (χ0n) is 9.55. The molecule has 80 valence electrons. The molecule has 0 aliphatic heterocycles. The molecule has 3 nitrogen and oxygen atoms in total. The maximum atomic E-state index is 5.45. The van der Waals surface area contributed by atoms with Gasteiger partial charge in [-0.15, -0.1) is 0 Å². The van der Waals surface area contributed by atoms with E-state index < -0.39 is 0 Å². The smallest absolute Gasteiger partial charge is 0.0709 e. The van der Waals surface area contributed by atoms with Crippen LogP contribution in [0.5, 0.6) is 0 Å². The Bertz CT molecular complexity index is 131. The van der Waals surface area contributed by atoms with Crippen LogP contribution >= 0.6 is 0 Å². The second-order valence-corrected chi connectivity index (χ2v) is 4.81. The van der Waals surface area contributed by atoms with E-state index in [-0.39, 0.29) is 12.1 Å². The van der Waals surface area contributed by atoms with E-state index in [9.17, 15) is 0 Å². The zero-order chi connectivity index (χ0) is 10.5. The van der Waals surface area contributed by atoms with Gasteiger partial charge in [-0.3, -0.25) is 11.3 Å². The van der Waals surface area contributed by atoms with Gasteiger partial charge in [0.05, 0.1) is 6.10 Å². The second kappa shape index (κ2) is 5.58. The van der Waals surface area contributed by atoms with E-state index in [0.717, 1.165) is 12.8 Å². The summed E-state index contributed by atoms with van der Waals surface area (Å²) in [5.74, 6) is 5.45. The first-order chi connectivity index (χ1) is 5.90. The molecule has 0 aliphatic rings. The normalized spacial score (nSPS) is 17.1. The van der Waals surface area contributed by atoms with Crippen molar-refractivity contribution in [2.24, 2.45) is 11.3 Å². The van der Waals surface area contributed by atoms with Crippen LogP contribution in [0.25, 0.3) is 0 Å². The van der Waals surface area contributed by atoms with Gasteiger partial charge in [0.2, 0.25) is 0 Å². The monoisotopic (exact) mass is 188 g/mol. The molecular weight excluding hydrogens is 164 g/mol. The zero-order valence-corrected chi connectivity index (χ0v) is 9.55. The van der Waals surface area contributed by atoms with E-state index in [1.54, 1.807) is 7.11 Å². The highest BCUT2D eigenvalue weighted by molar-refractivity contribution is 4.74. The lowest BCUT2D eigenvalue weighted by molar-refractivity contribution is 0.0758. The summed E-state index contributed by atoms with van der Waals surface area (Å²) in [4.78, 5) is 0. The molecule has 2 atom stereocenters. The Morgan fingerprint density at radius 3 is 2.23 bits per heavy atom. The SMILES string of the molecule is COC(C)C(CCC(C)(C)C)NN. The average Bonchev–Trinajstić information content (AvgIpc) is 2.03. The molecule has 0 aromatic carbocycles. The molecule has 0 amide bonds. The number of ether oxygens (including phenoxy) is 1. The molecule has 0 aromatic rings. The molecule has 0 saturated heterocycles. The average molecular weight is 188 g/mol. The molecule has 0 heterocycles. The van der Waals surface area contributed by atoms with Gasteiger partial charge in [0.15, 0.2) is 0 Å². The third-order valence-corrected chi connectivity index (χ3v) is 2.36. The number of hydrogen-bond donors (Lipinski definition) is 2. The lowest BCUT2D eigenvalue weighted by Crippen LogP contribution is -2.43. The molecule has 0 saturated carbocycles. The van der Waals surface area contributed by atoms with Crippen molar-refractivity contribution in [3.63, 3.8) is 0 Å². The Morgan fingerprint density at radius 2 is 1.92 bits per heavy atom. The van der Waals surface area contributed by atoms with Crippen LogP contribution < -0.4 is 11.3 Å². The number of hydrogen-bond acceptors (Lipinski definition) is 3. The highest BCUT2D eigenvalue weighted by Gasteiger charge is 2.18. The fourth-order valence-electron chi connectivity index (χ4n) is 1.21. The molecule has 0 rings (SSSR count). The van der Waals surface area contributed by atoms with Crippen molar-refractivity contribution in [3.8, 4) is 0 Å². The highest BCUT2D eigenvalue weighted by atomic mass is 16.5. The van der Waals surface area contributed by atoms with Crippen molar-refractivity contribution >= 4 is 0 Å². The van der Waals surface area contributed by atoms with Crippen LogP contribution in [0.15, 0.2) is 0 Å². The number of nitrogens with one attached hydrogen (secondary N) is 1. The van der Waals surface area contributed by atoms with E-state index in [2.05, 4.69) is 26.2 Å². The minimum absolute atomic E-state index is 0.173. The largest absolute Gasteiger partial charge is 0.380 e. The lowest BCUT2D eigenvalue weighted by atomic mass is 9.88. The Balaban J connectivity index is 3.85. The third kappa shape index (κ3) is 6.02. The summed E-state index contributed by atoms with van der Waals surface area (Å²) < 4.78 is 5.23. The maximum Gasteiger partial charge on any atom is 0.0709 e.